The molecule has 0 amide bonds. The molecule has 0 aromatic carbocycles. The number of ether oxygens (including phenoxy) is 2. The summed E-state index contributed by atoms with van der Waals surface area (Å²) in [6.45, 7) is 10.7. The summed E-state index contributed by atoms with van der Waals surface area (Å²) >= 11 is 0. The second-order valence-electron chi connectivity index (χ2n) is 7.83. The molecule has 2 fully saturated rings. The Labute approximate surface area is 198 Å². The van der Waals surface area contributed by atoms with E-state index in [-0.39, 0.29) is 29.5 Å². The van der Waals surface area contributed by atoms with Gasteiger partial charge in [-0.05, 0) is 32.8 Å². The zero-order valence-electron chi connectivity index (χ0n) is 18.5. The summed E-state index contributed by atoms with van der Waals surface area (Å²) < 4.78 is 11.2. The lowest BCUT2D eigenvalue weighted by Crippen LogP contribution is -2.60. The van der Waals surface area contributed by atoms with Gasteiger partial charge < -0.3 is 20.1 Å². The normalized spacial score (nSPS) is 19.6. The number of pyridine rings is 1. The first-order chi connectivity index (χ1) is 14.3. The van der Waals surface area contributed by atoms with Gasteiger partial charge in [0.05, 0.1) is 26.4 Å². The minimum absolute atomic E-state index is 0. The first kappa shape index (κ1) is 25.1. The highest BCUT2D eigenvalue weighted by atomic mass is 127. The van der Waals surface area contributed by atoms with Crippen molar-refractivity contribution in [2.24, 2.45) is 4.99 Å². The number of aliphatic imine (C=N–C) groups is 1. The van der Waals surface area contributed by atoms with Crippen LogP contribution in [0.1, 0.15) is 51.5 Å². The number of nitrogens with zero attached hydrogens (tertiary/aromatic N) is 3. The van der Waals surface area contributed by atoms with Crippen molar-refractivity contribution >= 4 is 29.9 Å². The smallest absolute Gasteiger partial charge is 0.218 e. The van der Waals surface area contributed by atoms with Gasteiger partial charge in [-0.2, -0.15) is 0 Å². The molecule has 2 aliphatic rings. The summed E-state index contributed by atoms with van der Waals surface area (Å²) in [4.78, 5) is 11.8. The van der Waals surface area contributed by atoms with E-state index >= 15 is 0 Å². The van der Waals surface area contributed by atoms with Crippen LogP contribution in [0.5, 0.6) is 5.88 Å². The van der Waals surface area contributed by atoms with Crippen molar-refractivity contribution in [3.63, 3.8) is 0 Å². The van der Waals surface area contributed by atoms with Crippen LogP contribution in [0.2, 0.25) is 0 Å². The minimum Gasteiger partial charge on any atom is -0.478 e. The topological polar surface area (TPSA) is 71.0 Å². The largest absolute Gasteiger partial charge is 0.478 e. The molecular weight excluding hydrogens is 493 g/mol. The Morgan fingerprint density at radius 1 is 1.20 bits per heavy atom. The molecule has 0 unspecified atom stereocenters. The van der Waals surface area contributed by atoms with Crippen molar-refractivity contribution < 1.29 is 9.47 Å². The van der Waals surface area contributed by atoms with Gasteiger partial charge >= 0.3 is 0 Å². The van der Waals surface area contributed by atoms with Gasteiger partial charge in [0.1, 0.15) is 0 Å². The Balaban J connectivity index is 0.00000320. The van der Waals surface area contributed by atoms with Crippen LogP contribution in [0.15, 0.2) is 23.3 Å². The third kappa shape index (κ3) is 6.95. The van der Waals surface area contributed by atoms with E-state index in [0.717, 1.165) is 50.9 Å². The average Bonchev–Trinajstić information content (AvgIpc) is 2.78. The number of hydrogen-bond donors (Lipinski definition) is 2. The zero-order chi connectivity index (χ0) is 20.4. The molecule has 30 heavy (non-hydrogen) atoms. The van der Waals surface area contributed by atoms with Gasteiger partial charge in [0.15, 0.2) is 5.96 Å². The molecule has 2 heterocycles. The summed E-state index contributed by atoms with van der Waals surface area (Å²) in [5, 5.41) is 7.04. The predicted octanol–water partition coefficient (Wildman–Crippen LogP) is 3.19. The standard InChI is InChI=1S/C22H37N5O2.HI/c1-3-23-21(25-17-19-9-8-12-24-20(19)29-4-2)26-18-22(10-6-5-7-11-22)27-13-15-28-16-14-27;/h8-9,12H,3-7,10-11,13-18H2,1-2H3,(H2,23,25,26);1H. The van der Waals surface area contributed by atoms with Gasteiger partial charge in [-0.25, -0.2) is 9.98 Å². The monoisotopic (exact) mass is 531 g/mol. The molecule has 1 aromatic rings. The third-order valence-corrected chi connectivity index (χ3v) is 5.93. The van der Waals surface area contributed by atoms with Gasteiger partial charge in [-0.1, -0.05) is 25.3 Å². The lowest BCUT2D eigenvalue weighted by atomic mass is 9.80. The van der Waals surface area contributed by atoms with E-state index in [2.05, 4.69) is 27.4 Å². The van der Waals surface area contributed by atoms with Gasteiger partial charge in [-0.3, -0.25) is 4.90 Å². The Bertz CT molecular complexity index is 646. The SMILES string of the molecule is CCNC(=NCc1cccnc1OCC)NCC1(N2CCOCC2)CCCCC1.I. The van der Waals surface area contributed by atoms with Crippen LogP contribution >= 0.6 is 24.0 Å². The summed E-state index contributed by atoms with van der Waals surface area (Å²) in [6.07, 6.45) is 8.21. The van der Waals surface area contributed by atoms with Crippen LogP contribution in [-0.2, 0) is 11.3 Å². The lowest BCUT2D eigenvalue weighted by Gasteiger charge is -2.48. The number of rotatable bonds is 8. The van der Waals surface area contributed by atoms with Crippen molar-refractivity contribution in [3.05, 3.63) is 23.9 Å². The van der Waals surface area contributed by atoms with Crippen molar-refractivity contribution in [1.29, 1.82) is 0 Å². The minimum atomic E-state index is 0. The molecule has 0 atom stereocenters. The number of aromatic nitrogens is 1. The highest BCUT2D eigenvalue weighted by molar-refractivity contribution is 14.0. The third-order valence-electron chi connectivity index (χ3n) is 5.93. The lowest BCUT2D eigenvalue weighted by molar-refractivity contribution is -0.0352. The second-order valence-corrected chi connectivity index (χ2v) is 7.83. The Kier molecular flexibility index (Phi) is 11.2. The van der Waals surface area contributed by atoms with E-state index in [4.69, 9.17) is 14.5 Å². The molecule has 8 heteroatoms. The number of morpholine rings is 1. The number of hydrogen-bond acceptors (Lipinski definition) is 5. The van der Waals surface area contributed by atoms with Crippen molar-refractivity contribution in [2.45, 2.75) is 58.0 Å². The van der Waals surface area contributed by atoms with E-state index < -0.39 is 0 Å². The number of nitrogens with one attached hydrogen (secondary N) is 2. The molecule has 1 saturated carbocycles. The highest BCUT2D eigenvalue weighted by Gasteiger charge is 2.38. The van der Waals surface area contributed by atoms with Crippen LogP contribution in [-0.4, -0.2) is 67.4 Å². The average molecular weight is 531 g/mol. The molecule has 0 spiro atoms. The first-order valence-electron chi connectivity index (χ1n) is 11.2. The maximum absolute atomic E-state index is 5.64. The molecule has 2 N–H and O–H groups in total. The van der Waals surface area contributed by atoms with Gasteiger partial charge in [0.2, 0.25) is 5.88 Å². The fourth-order valence-corrected chi connectivity index (χ4v) is 4.42. The van der Waals surface area contributed by atoms with Crippen LogP contribution in [0.4, 0.5) is 0 Å². The second kappa shape index (κ2) is 13.3. The first-order valence-corrected chi connectivity index (χ1v) is 11.2. The molecule has 1 aliphatic carbocycles. The van der Waals surface area contributed by atoms with Crippen LogP contribution < -0.4 is 15.4 Å². The summed E-state index contributed by atoms with van der Waals surface area (Å²) in [5.41, 5.74) is 1.22. The molecule has 7 nitrogen and oxygen atoms in total. The van der Waals surface area contributed by atoms with E-state index in [0.29, 0.717) is 19.0 Å². The maximum atomic E-state index is 5.64. The molecule has 1 aromatic heterocycles. The quantitative estimate of drug-likeness (QED) is 0.305. The van der Waals surface area contributed by atoms with E-state index in [1.165, 1.54) is 32.1 Å². The molecule has 1 aliphatic heterocycles. The van der Waals surface area contributed by atoms with Gasteiger partial charge in [0, 0.05) is 43.5 Å². The Morgan fingerprint density at radius 2 is 1.97 bits per heavy atom. The van der Waals surface area contributed by atoms with Crippen molar-refractivity contribution in [3.8, 4) is 5.88 Å². The van der Waals surface area contributed by atoms with Gasteiger partial charge in [0.25, 0.3) is 0 Å². The zero-order valence-corrected chi connectivity index (χ0v) is 20.8. The van der Waals surface area contributed by atoms with E-state index in [1.54, 1.807) is 6.20 Å². The summed E-state index contributed by atoms with van der Waals surface area (Å²) in [5.74, 6) is 1.53. The van der Waals surface area contributed by atoms with E-state index in [1.807, 2.05) is 19.1 Å². The van der Waals surface area contributed by atoms with Crippen LogP contribution in [0, 0.1) is 0 Å². The number of halogens is 1. The number of guanidine groups is 1. The molecule has 1 saturated heterocycles. The molecule has 0 bridgehead atoms. The fraction of sp³-hybridized carbons (Fsp3) is 0.727. The highest BCUT2D eigenvalue weighted by Crippen LogP contribution is 2.33. The Hall–Kier alpha value is -1.13. The van der Waals surface area contributed by atoms with E-state index in [9.17, 15) is 0 Å². The molecule has 0 radical (unpaired) electrons. The van der Waals surface area contributed by atoms with Crippen LogP contribution in [0.3, 0.4) is 0 Å². The maximum Gasteiger partial charge on any atom is 0.218 e. The fourth-order valence-electron chi connectivity index (χ4n) is 4.42. The molecule has 3 rings (SSSR count). The summed E-state index contributed by atoms with van der Waals surface area (Å²) in [6, 6.07) is 3.96. The molecular formula is C22H38IN5O2. The van der Waals surface area contributed by atoms with Gasteiger partial charge in [-0.15, -0.1) is 24.0 Å². The predicted molar refractivity (Wildman–Crippen MR) is 132 cm³/mol. The van der Waals surface area contributed by atoms with Crippen molar-refractivity contribution in [2.75, 3.05) is 46.0 Å². The Morgan fingerprint density at radius 3 is 2.67 bits per heavy atom. The van der Waals surface area contributed by atoms with Crippen LogP contribution in [0.25, 0.3) is 0 Å². The van der Waals surface area contributed by atoms with Crippen molar-refractivity contribution in [1.82, 2.24) is 20.5 Å². The summed E-state index contributed by atoms with van der Waals surface area (Å²) in [7, 11) is 0. The molecule has 170 valence electrons.